The summed E-state index contributed by atoms with van der Waals surface area (Å²) in [5, 5.41) is 56.8. The normalized spacial score (nSPS) is 12.6. The van der Waals surface area contributed by atoms with E-state index < -0.39 is 11.8 Å². The van der Waals surface area contributed by atoms with E-state index in [0.717, 1.165) is 45.2 Å². The largest absolute Gasteiger partial charge is 0.371 e. The van der Waals surface area contributed by atoms with Crippen LogP contribution in [-0.4, -0.2) is 68.9 Å². The quantitative estimate of drug-likeness (QED) is 0.111. The first-order valence-electron chi connectivity index (χ1n) is 10.8. The Kier molecular flexibility index (Phi) is 17.3. The predicted molar refractivity (Wildman–Crippen MR) is 107 cm³/mol. The van der Waals surface area contributed by atoms with Crippen molar-refractivity contribution in [2.24, 2.45) is 0 Å². The van der Waals surface area contributed by atoms with Gasteiger partial charge >= 0.3 is 5.97 Å². The van der Waals surface area contributed by atoms with Gasteiger partial charge in [-0.3, -0.25) is 0 Å². The Hall–Kier alpha value is -0.320. The Balaban J connectivity index is 3.18. The van der Waals surface area contributed by atoms with E-state index in [0.29, 0.717) is 13.0 Å². The maximum absolute atomic E-state index is 9.28. The third-order valence-corrected chi connectivity index (χ3v) is 4.90. The number of aliphatic hydroxyl groups is 6. The summed E-state index contributed by atoms with van der Waals surface area (Å²) in [6, 6.07) is 0. The molecule has 0 bridgehead atoms. The van der Waals surface area contributed by atoms with Crippen molar-refractivity contribution in [3.05, 3.63) is 0 Å². The number of ether oxygens (including phenoxy) is 1. The molecule has 0 radical (unpaired) electrons. The molecular formula is C20H43NO7. The second kappa shape index (κ2) is 17.5. The molecule has 0 atom stereocenters. The van der Waals surface area contributed by atoms with Crippen LogP contribution in [0.15, 0.2) is 0 Å². The van der Waals surface area contributed by atoms with Crippen LogP contribution in [0.4, 0.5) is 0 Å². The average molecular weight is 410 g/mol. The summed E-state index contributed by atoms with van der Waals surface area (Å²) in [6.45, 7) is 2.39. The highest BCUT2D eigenvalue weighted by atomic mass is 16.7. The third-order valence-electron chi connectivity index (χ3n) is 4.90. The van der Waals surface area contributed by atoms with E-state index in [-0.39, 0.29) is 13.2 Å². The zero-order valence-electron chi connectivity index (χ0n) is 17.3. The molecule has 0 saturated carbocycles. The second-order valence-corrected chi connectivity index (χ2v) is 7.59. The van der Waals surface area contributed by atoms with Gasteiger partial charge in [-0.05, 0) is 32.4 Å². The van der Waals surface area contributed by atoms with E-state index in [1.54, 1.807) is 0 Å². The molecule has 8 heteroatoms. The smallest absolute Gasteiger partial charge is 0.332 e. The van der Waals surface area contributed by atoms with Gasteiger partial charge < -0.3 is 40.7 Å². The van der Waals surface area contributed by atoms with Crippen molar-refractivity contribution in [2.75, 3.05) is 26.5 Å². The lowest BCUT2D eigenvalue weighted by molar-refractivity contribution is -0.447. The van der Waals surface area contributed by atoms with Crippen LogP contribution in [0.25, 0.3) is 0 Å². The first-order valence-corrected chi connectivity index (χ1v) is 10.8. The summed E-state index contributed by atoms with van der Waals surface area (Å²) in [6.07, 6.45) is 13.8. The van der Waals surface area contributed by atoms with Gasteiger partial charge in [0.2, 0.25) is 5.79 Å². The minimum absolute atomic E-state index is 0.196. The van der Waals surface area contributed by atoms with Crippen LogP contribution in [0.2, 0.25) is 0 Å². The maximum Gasteiger partial charge on any atom is 0.332 e. The van der Waals surface area contributed by atoms with Gasteiger partial charge in [0.25, 0.3) is 0 Å². The lowest BCUT2D eigenvalue weighted by Crippen LogP contribution is -2.54. The molecule has 0 aliphatic carbocycles. The molecule has 0 spiro atoms. The fourth-order valence-electron chi connectivity index (χ4n) is 3.05. The van der Waals surface area contributed by atoms with Crippen LogP contribution >= 0.6 is 0 Å². The Morgan fingerprint density at radius 1 is 0.571 bits per heavy atom. The summed E-state index contributed by atoms with van der Waals surface area (Å²) < 4.78 is 4.85. The fraction of sp³-hybridized carbons (Fsp3) is 1.00. The third kappa shape index (κ3) is 16.6. The molecule has 7 N–H and O–H groups in total. The van der Waals surface area contributed by atoms with Crippen LogP contribution in [0.5, 0.6) is 0 Å². The lowest BCUT2D eigenvalue weighted by atomic mass is 10.0. The van der Waals surface area contributed by atoms with Crippen LogP contribution in [0.3, 0.4) is 0 Å². The summed E-state index contributed by atoms with van der Waals surface area (Å²) in [5.41, 5.74) is 0. The van der Waals surface area contributed by atoms with Crippen molar-refractivity contribution in [2.45, 2.75) is 102 Å². The Bertz CT molecular complexity index is 335. The number of aliphatic hydroxyl groups excluding tert-OH is 1. The minimum atomic E-state index is -3.47. The maximum atomic E-state index is 9.28. The number of hydrogen-bond acceptors (Lipinski definition) is 8. The molecule has 0 aliphatic heterocycles. The number of nitrogens with one attached hydrogen (secondary N) is 1. The van der Waals surface area contributed by atoms with E-state index in [1.165, 1.54) is 44.9 Å². The van der Waals surface area contributed by atoms with Crippen molar-refractivity contribution in [3.8, 4) is 0 Å². The van der Waals surface area contributed by atoms with Crippen LogP contribution in [0.1, 0.15) is 89.9 Å². The highest BCUT2D eigenvalue weighted by Crippen LogP contribution is 2.22. The summed E-state index contributed by atoms with van der Waals surface area (Å²) in [5.74, 6) is -6.35. The van der Waals surface area contributed by atoms with Crippen molar-refractivity contribution in [3.63, 3.8) is 0 Å². The molecular weight excluding hydrogens is 366 g/mol. The SMILES string of the molecule is OCOCCCNCCCCCCCCCCCCCCC(O)(O)C(O)(O)O. The molecule has 0 aromatic heterocycles. The van der Waals surface area contributed by atoms with Crippen LogP contribution in [0, 0.1) is 0 Å². The van der Waals surface area contributed by atoms with Gasteiger partial charge in [0, 0.05) is 6.42 Å². The summed E-state index contributed by atoms with van der Waals surface area (Å²) >= 11 is 0. The Labute approximate surface area is 169 Å². The van der Waals surface area contributed by atoms with E-state index in [9.17, 15) is 10.2 Å². The van der Waals surface area contributed by atoms with Crippen LogP contribution < -0.4 is 5.32 Å². The molecule has 0 unspecified atom stereocenters. The highest BCUT2D eigenvalue weighted by molar-refractivity contribution is 4.72. The fourth-order valence-corrected chi connectivity index (χ4v) is 3.05. The standard InChI is InChI=1S/C20H43NO7/c22-18-28-17-13-16-21-15-12-10-8-6-4-2-1-3-5-7-9-11-14-19(23,24)20(25,26)27/h21-27H,1-18H2. The number of hydrogen-bond donors (Lipinski definition) is 7. The second-order valence-electron chi connectivity index (χ2n) is 7.59. The first-order chi connectivity index (χ1) is 13.3. The molecule has 0 saturated heterocycles. The molecule has 170 valence electrons. The zero-order chi connectivity index (χ0) is 21.1. The van der Waals surface area contributed by atoms with Gasteiger partial charge in [-0.25, -0.2) is 0 Å². The predicted octanol–water partition coefficient (Wildman–Crippen LogP) is 1.32. The number of rotatable bonds is 21. The Morgan fingerprint density at radius 3 is 1.46 bits per heavy atom. The van der Waals surface area contributed by atoms with Gasteiger partial charge in [-0.2, -0.15) is 0 Å². The van der Waals surface area contributed by atoms with E-state index in [2.05, 4.69) is 5.32 Å². The highest BCUT2D eigenvalue weighted by Gasteiger charge is 2.45. The molecule has 0 fully saturated rings. The molecule has 0 heterocycles. The summed E-state index contributed by atoms with van der Waals surface area (Å²) in [4.78, 5) is 0. The van der Waals surface area contributed by atoms with E-state index in [4.69, 9.17) is 25.2 Å². The van der Waals surface area contributed by atoms with Gasteiger partial charge in [-0.1, -0.05) is 64.2 Å². The van der Waals surface area contributed by atoms with Crippen molar-refractivity contribution in [1.82, 2.24) is 5.32 Å². The topological polar surface area (TPSA) is 143 Å². The van der Waals surface area contributed by atoms with Crippen LogP contribution in [-0.2, 0) is 4.74 Å². The molecule has 28 heavy (non-hydrogen) atoms. The average Bonchev–Trinajstić information content (AvgIpc) is 2.62. The Morgan fingerprint density at radius 2 is 1.00 bits per heavy atom. The first kappa shape index (κ1) is 27.7. The molecule has 0 rings (SSSR count). The zero-order valence-corrected chi connectivity index (χ0v) is 17.3. The molecule has 0 aliphatic rings. The van der Waals surface area contributed by atoms with Gasteiger partial charge in [-0.15, -0.1) is 0 Å². The van der Waals surface area contributed by atoms with E-state index in [1.807, 2.05) is 0 Å². The van der Waals surface area contributed by atoms with Gasteiger partial charge in [0.05, 0.1) is 6.61 Å². The van der Waals surface area contributed by atoms with Crippen molar-refractivity contribution >= 4 is 0 Å². The molecule has 0 aromatic rings. The lowest BCUT2D eigenvalue weighted by Gasteiger charge is -2.29. The van der Waals surface area contributed by atoms with Crippen molar-refractivity contribution < 1.29 is 35.4 Å². The van der Waals surface area contributed by atoms with Crippen molar-refractivity contribution in [1.29, 1.82) is 0 Å². The van der Waals surface area contributed by atoms with Gasteiger partial charge in [0.15, 0.2) is 0 Å². The molecule has 0 aromatic carbocycles. The van der Waals surface area contributed by atoms with Gasteiger partial charge in [0.1, 0.15) is 6.79 Å². The van der Waals surface area contributed by atoms with E-state index >= 15 is 0 Å². The molecule has 8 nitrogen and oxygen atoms in total. The monoisotopic (exact) mass is 409 g/mol. The summed E-state index contributed by atoms with van der Waals surface area (Å²) in [7, 11) is 0. The number of unbranched alkanes of at least 4 members (excludes halogenated alkanes) is 11. The molecule has 0 amide bonds. The minimum Gasteiger partial charge on any atom is -0.371 e.